The number of para-hydroxylation sites is 1. The first-order chi connectivity index (χ1) is 10.2. The molecule has 2 rings (SSSR count). The van der Waals surface area contributed by atoms with Gasteiger partial charge < -0.3 is 14.6 Å². The molecule has 0 radical (unpaired) electrons. The van der Waals surface area contributed by atoms with Crippen molar-refractivity contribution in [3.05, 3.63) is 29.3 Å². The zero-order valence-corrected chi connectivity index (χ0v) is 13.3. The van der Waals surface area contributed by atoms with E-state index in [0.29, 0.717) is 24.2 Å². The van der Waals surface area contributed by atoms with E-state index in [1.165, 1.54) is 12.0 Å². The van der Waals surface area contributed by atoms with Crippen LogP contribution < -0.4 is 4.90 Å². The lowest BCUT2D eigenvalue weighted by molar-refractivity contribution is -0.150. The Morgan fingerprint density at radius 1 is 1.32 bits per heavy atom. The van der Waals surface area contributed by atoms with Gasteiger partial charge in [0.1, 0.15) is 5.60 Å². The monoisotopic (exact) mass is 307 g/mol. The van der Waals surface area contributed by atoms with Crippen molar-refractivity contribution in [3.63, 3.8) is 0 Å². The van der Waals surface area contributed by atoms with Crippen LogP contribution >= 0.6 is 0 Å². The molecule has 22 heavy (non-hydrogen) atoms. The molecule has 0 saturated carbocycles. The molecule has 0 aliphatic carbocycles. The quantitative estimate of drug-likeness (QED) is 0.848. The normalized spacial score (nSPS) is 15.2. The van der Waals surface area contributed by atoms with Crippen molar-refractivity contribution < 1.29 is 24.2 Å². The van der Waals surface area contributed by atoms with Crippen molar-refractivity contribution in [3.8, 4) is 0 Å². The average molecular weight is 307 g/mol. The SMILES string of the molecule is COC(=O)C(O)c1cccc2c1N(C(=O)OC(C)(C)C)CC2. The number of anilines is 1. The minimum atomic E-state index is -1.43. The molecular weight excluding hydrogens is 286 g/mol. The predicted molar refractivity (Wildman–Crippen MR) is 80.7 cm³/mol. The molecule has 1 N–H and O–H groups in total. The first-order valence-electron chi connectivity index (χ1n) is 7.13. The van der Waals surface area contributed by atoms with Crippen molar-refractivity contribution in [1.29, 1.82) is 0 Å². The highest BCUT2D eigenvalue weighted by atomic mass is 16.6. The fraction of sp³-hybridized carbons (Fsp3) is 0.500. The Bertz CT molecular complexity index is 591. The molecule has 1 aliphatic heterocycles. The van der Waals surface area contributed by atoms with Crippen molar-refractivity contribution in [2.45, 2.75) is 38.9 Å². The molecule has 1 atom stereocenters. The number of hydrogen-bond acceptors (Lipinski definition) is 5. The number of esters is 1. The van der Waals surface area contributed by atoms with E-state index in [1.54, 1.807) is 32.9 Å². The van der Waals surface area contributed by atoms with Crippen LogP contribution in [0.5, 0.6) is 0 Å². The Balaban J connectivity index is 2.37. The largest absolute Gasteiger partial charge is 0.467 e. The van der Waals surface area contributed by atoms with Gasteiger partial charge in [0.05, 0.1) is 12.8 Å². The molecule has 120 valence electrons. The molecule has 6 heteroatoms. The molecule has 0 aromatic heterocycles. The number of benzene rings is 1. The van der Waals surface area contributed by atoms with Gasteiger partial charge in [0.25, 0.3) is 0 Å². The number of rotatable bonds is 2. The number of aliphatic hydroxyl groups is 1. The fourth-order valence-electron chi connectivity index (χ4n) is 2.45. The smallest absolute Gasteiger partial charge is 0.414 e. The summed E-state index contributed by atoms with van der Waals surface area (Å²) in [5.41, 5.74) is 1.17. The number of nitrogens with zero attached hydrogens (tertiary/aromatic N) is 1. The van der Waals surface area contributed by atoms with Gasteiger partial charge in [0.2, 0.25) is 0 Å². The van der Waals surface area contributed by atoms with Crippen LogP contribution in [-0.2, 0) is 20.7 Å². The summed E-state index contributed by atoms with van der Waals surface area (Å²) in [6.07, 6.45) is -1.27. The number of methoxy groups -OCH3 is 1. The van der Waals surface area contributed by atoms with Gasteiger partial charge in [0.15, 0.2) is 6.10 Å². The van der Waals surface area contributed by atoms with Crippen LogP contribution in [0.4, 0.5) is 10.5 Å². The number of carbonyl (C=O) groups is 2. The van der Waals surface area contributed by atoms with E-state index in [9.17, 15) is 14.7 Å². The van der Waals surface area contributed by atoms with Crippen LogP contribution in [-0.4, -0.2) is 36.4 Å². The molecule has 0 saturated heterocycles. The van der Waals surface area contributed by atoms with E-state index < -0.39 is 23.8 Å². The summed E-state index contributed by atoms with van der Waals surface area (Å²) >= 11 is 0. The van der Waals surface area contributed by atoms with Crippen LogP contribution in [0, 0.1) is 0 Å². The highest BCUT2D eigenvalue weighted by Crippen LogP contribution is 2.36. The number of fused-ring (bicyclic) bond motifs is 1. The second kappa shape index (κ2) is 5.96. The Kier molecular flexibility index (Phi) is 4.42. The summed E-state index contributed by atoms with van der Waals surface area (Å²) in [5, 5.41) is 10.1. The van der Waals surface area contributed by atoms with E-state index in [4.69, 9.17) is 4.74 Å². The molecule has 1 amide bonds. The van der Waals surface area contributed by atoms with Crippen LogP contribution in [0.25, 0.3) is 0 Å². The molecule has 1 unspecified atom stereocenters. The summed E-state index contributed by atoms with van der Waals surface area (Å²) in [6, 6.07) is 5.23. The second-order valence-corrected chi connectivity index (χ2v) is 6.16. The lowest BCUT2D eigenvalue weighted by atomic mass is 10.0. The minimum absolute atomic E-state index is 0.354. The molecule has 0 bridgehead atoms. The minimum Gasteiger partial charge on any atom is -0.467 e. The zero-order valence-electron chi connectivity index (χ0n) is 13.3. The molecular formula is C16H21NO5. The highest BCUT2D eigenvalue weighted by molar-refractivity contribution is 5.93. The van der Waals surface area contributed by atoms with E-state index in [1.807, 2.05) is 6.07 Å². The summed E-state index contributed by atoms with van der Waals surface area (Å²) in [5.74, 6) is -0.760. The van der Waals surface area contributed by atoms with Crippen LogP contribution in [0.2, 0.25) is 0 Å². The first-order valence-corrected chi connectivity index (χ1v) is 7.13. The van der Waals surface area contributed by atoms with Gasteiger partial charge in [-0.15, -0.1) is 0 Å². The fourth-order valence-corrected chi connectivity index (χ4v) is 2.45. The van der Waals surface area contributed by atoms with Gasteiger partial charge in [-0.1, -0.05) is 18.2 Å². The number of carbonyl (C=O) groups excluding carboxylic acids is 2. The standard InChI is InChI=1S/C16H21NO5/c1-16(2,3)22-15(20)17-9-8-10-6-5-7-11(12(10)17)13(18)14(19)21-4/h5-7,13,18H,8-9H2,1-4H3. The number of hydrogen-bond donors (Lipinski definition) is 1. The Labute approximate surface area is 129 Å². The highest BCUT2D eigenvalue weighted by Gasteiger charge is 2.34. The third-order valence-electron chi connectivity index (χ3n) is 3.36. The maximum absolute atomic E-state index is 12.3. The maximum Gasteiger partial charge on any atom is 0.414 e. The van der Waals surface area contributed by atoms with Gasteiger partial charge in [-0.05, 0) is 32.8 Å². The summed E-state index contributed by atoms with van der Waals surface area (Å²) in [7, 11) is 1.21. The molecule has 1 aliphatic rings. The van der Waals surface area contributed by atoms with Gasteiger partial charge >= 0.3 is 12.1 Å². The van der Waals surface area contributed by atoms with Crippen LogP contribution in [0.1, 0.15) is 38.0 Å². The second-order valence-electron chi connectivity index (χ2n) is 6.16. The maximum atomic E-state index is 12.3. The number of amides is 1. The van der Waals surface area contributed by atoms with Crippen molar-refractivity contribution >= 4 is 17.7 Å². The van der Waals surface area contributed by atoms with Gasteiger partial charge in [-0.2, -0.15) is 0 Å². The molecule has 6 nitrogen and oxygen atoms in total. The summed E-state index contributed by atoms with van der Waals surface area (Å²) in [4.78, 5) is 25.4. The zero-order chi connectivity index (χ0) is 16.5. The van der Waals surface area contributed by atoms with Crippen molar-refractivity contribution in [1.82, 2.24) is 0 Å². The molecule has 1 aromatic rings. The van der Waals surface area contributed by atoms with E-state index >= 15 is 0 Å². The lowest BCUT2D eigenvalue weighted by Gasteiger charge is -2.26. The van der Waals surface area contributed by atoms with Gasteiger partial charge in [-0.25, -0.2) is 9.59 Å². The Morgan fingerprint density at radius 2 is 2.00 bits per heavy atom. The Hall–Kier alpha value is -2.08. The van der Waals surface area contributed by atoms with Crippen molar-refractivity contribution in [2.75, 3.05) is 18.6 Å². The lowest BCUT2D eigenvalue weighted by Crippen LogP contribution is -2.36. The van der Waals surface area contributed by atoms with Crippen LogP contribution in [0.3, 0.4) is 0 Å². The van der Waals surface area contributed by atoms with Gasteiger partial charge in [0, 0.05) is 12.1 Å². The topological polar surface area (TPSA) is 76.1 Å². The first kappa shape index (κ1) is 16.3. The Morgan fingerprint density at radius 3 is 2.59 bits per heavy atom. The predicted octanol–water partition coefficient (Wildman–Crippen LogP) is 2.19. The van der Waals surface area contributed by atoms with Gasteiger partial charge in [-0.3, -0.25) is 4.90 Å². The number of aliphatic hydroxyl groups excluding tert-OH is 1. The summed E-state index contributed by atoms with van der Waals surface area (Å²) < 4.78 is 9.97. The number of ether oxygens (including phenoxy) is 2. The van der Waals surface area contributed by atoms with Crippen LogP contribution in [0.15, 0.2) is 18.2 Å². The third kappa shape index (κ3) is 3.22. The van der Waals surface area contributed by atoms with E-state index in [2.05, 4.69) is 4.74 Å². The molecule has 1 aromatic carbocycles. The van der Waals surface area contributed by atoms with E-state index in [-0.39, 0.29) is 0 Å². The third-order valence-corrected chi connectivity index (χ3v) is 3.36. The molecule has 0 fully saturated rings. The molecule has 0 spiro atoms. The molecule has 1 heterocycles. The average Bonchev–Trinajstić information content (AvgIpc) is 2.87. The van der Waals surface area contributed by atoms with Crippen molar-refractivity contribution in [2.24, 2.45) is 0 Å². The van der Waals surface area contributed by atoms with E-state index in [0.717, 1.165) is 5.56 Å². The summed E-state index contributed by atoms with van der Waals surface area (Å²) in [6.45, 7) is 5.82.